The third kappa shape index (κ3) is 5.09. The molecule has 0 aliphatic carbocycles. The maximum atomic E-state index is 13.1. The van der Waals surface area contributed by atoms with E-state index in [2.05, 4.69) is 9.88 Å². The summed E-state index contributed by atoms with van der Waals surface area (Å²) in [7, 11) is 0. The van der Waals surface area contributed by atoms with E-state index in [4.69, 9.17) is 28.2 Å². The molecule has 1 heterocycles. The van der Waals surface area contributed by atoms with E-state index in [1.165, 1.54) is 0 Å². The highest BCUT2D eigenvalue weighted by molar-refractivity contribution is 6.36. The number of hydrogen-bond acceptors (Lipinski definition) is 2. The average molecular weight is 500 g/mol. The molecule has 0 aliphatic heterocycles. The topological polar surface area (TPSA) is 46.9 Å². The van der Waals surface area contributed by atoms with Crippen molar-refractivity contribution < 1.29 is 4.79 Å². The van der Waals surface area contributed by atoms with Crippen LogP contribution in [0.2, 0.25) is 10.0 Å². The van der Waals surface area contributed by atoms with Crippen molar-refractivity contribution in [3.8, 4) is 0 Å². The van der Waals surface area contributed by atoms with Gasteiger partial charge in [-0.15, -0.1) is 0 Å². The van der Waals surface area contributed by atoms with Gasteiger partial charge in [0, 0.05) is 27.6 Å². The minimum absolute atomic E-state index is 0.128. The Morgan fingerprint density at radius 2 is 1.43 bits per heavy atom. The highest BCUT2D eigenvalue weighted by Crippen LogP contribution is 2.29. The molecule has 0 bridgehead atoms. The summed E-state index contributed by atoms with van der Waals surface area (Å²) in [6.45, 7) is 0.475. The number of fused-ring (bicyclic) bond motifs is 1. The lowest BCUT2D eigenvalue weighted by atomic mass is 10.0. The van der Waals surface area contributed by atoms with Crippen molar-refractivity contribution in [3.05, 3.63) is 136 Å². The number of rotatable bonds is 7. The van der Waals surface area contributed by atoms with Crippen molar-refractivity contribution in [2.24, 2.45) is 0 Å². The van der Waals surface area contributed by atoms with Crippen LogP contribution in [0.3, 0.4) is 0 Å². The second-order valence-electron chi connectivity index (χ2n) is 8.31. The largest absolute Gasteiger partial charge is 0.345 e. The third-order valence-corrected chi connectivity index (χ3v) is 6.75. The highest BCUT2D eigenvalue weighted by atomic mass is 35.5. The molecular weight excluding hydrogens is 477 g/mol. The predicted molar refractivity (Wildman–Crippen MR) is 142 cm³/mol. The number of hydrogen-bond donors (Lipinski definition) is 1. The van der Waals surface area contributed by atoms with E-state index in [0.29, 0.717) is 28.6 Å². The van der Waals surface area contributed by atoms with Crippen LogP contribution in [0.25, 0.3) is 11.0 Å². The summed E-state index contributed by atoms with van der Waals surface area (Å²) >= 11 is 13.0. The molecule has 1 amide bonds. The minimum atomic E-state index is -0.277. The van der Waals surface area contributed by atoms with E-state index in [1.807, 2.05) is 103 Å². The number of para-hydroxylation sites is 2. The van der Waals surface area contributed by atoms with Crippen LogP contribution in [0.15, 0.2) is 103 Å². The fourth-order valence-electron chi connectivity index (χ4n) is 4.25. The molecule has 1 atom stereocenters. The van der Waals surface area contributed by atoms with Crippen molar-refractivity contribution in [2.45, 2.75) is 19.0 Å². The van der Waals surface area contributed by atoms with Gasteiger partial charge >= 0.3 is 0 Å². The molecule has 0 saturated carbocycles. The minimum Gasteiger partial charge on any atom is -0.345 e. The predicted octanol–water partition coefficient (Wildman–Crippen LogP) is 7.11. The van der Waals surface area contributed by atoms with Gasteiger partial charge in [0.1, 0.15) is 5.82 Å². The molecule has 5 aromatic rings. The Balaban J connectivity index is 1.54. The molecule has 6 heteroatoms. The first kappa shape index (κ1) is 23.2. The molecule has 0 fully saturated rings. The SMILES string of the molecule is O=C(NC(Cc1nc2ccccc2n1Cc1c(Cl)cccc1Cl)c1ccccc1)c1ccccc1. The quantitative estimate of drug-likeness (QED) is 0.259. The zero-order valence-corrected chi connectivity index (χ0v) is 20.4. The Kier molecular flexibility index (Phi) is 6.84. The van der Waals surface area contributed by atoms with Crippen LogP contribution >= 0.6 is 23.2 Å². The van der Waals surface area contributed by atoms with Crippen LogP contribution in [0.4, 0.5) is 0 Å². The van der Waals surface area contributed by atoms with Crippen LogP contribution in [0, 0.1) is 0 Å². The second kappa shape index (κ2) is 10.3. The third-order valence-electron chi connectivity index (χ3n) is 6.04. The van der Waals surface area contributed by atoms with Crippen LogP contribution in [-0.2, 0) is 13.0 Å². The van der Waals surface area contributed by atoms with Gasteiger partial charge in [-0.05, 0) is 42.0 Å². The standard InChI is InChI=1S/C29H23Cl2N3O/c30-23-14-9-15-24(31)22(23)19-34-27-17-8-7-16-25(27)32-28(34)18-26(20-10-3-1-4-11-20)33-29(35)21-12-5-2-6-13-21/h1-17,26H,18-19H2,(H,33,35). The van der Waals surface area contributed by atoms with Crippen molar-refractivity contribution in [2.75, 3.05) is 0 Å². The van der Waals surface area contributed by atoms with E-state index in [0.717, 1.165) is 28.0 Å². The Hall–Kier alpha value is -3.60. The highest BCUT2D eigenvalue weighted by Gasteiger charge is 2.21. The molecule has 0 saturated heterocycles. The summed E-state index contributed by atoms with van der Waals surface area (Å²) in [4.78, 5) is 18.0. The summed E-state index contributed by atoms with van der Waals surface area (Å²) in [5.41, 5.74) is 4.33. The Morgan fingerprint density at radius 3 is 2.14 bits per heavy atom. The molecule has 0 spiro atoms. The fraction of sp³-hybridized carbons (Fsp3) is 0.103. The van der Waals surface area contributed by atoms with Crippen LogP contribution in [0.5, 0.6) is 0 Å². The molecule has 1 unspecified atom stereocenters. The summed E-state index contributed by atoms with van der Waals surface area (Å²) in [5, 5.41) is 4.43. The Labute approximate surface area is 214 Å². The van der Waals surface area contributed by atoms with Gasteiger partial charge in [-0.1, -0.05) is 89.9 Å². The lowest BCUT2D eigenvalue weighted by Crippen LogP contribution is -2.30. The number of halogens is 2. The number of carbonyl (C=O) groups is 1. The van der Waals surface area contributed by atoms with Crippen molar-refractivity contribution in [1.82, 2.24) is 14.9 Å². The molecule has 0 aliphatic rings. The number of nitrogens with one attached hydrogen (secondary N) is 1. The van der Waals surface area contributed by atoms with E-state index >= 15 is 0 Å². The molecule has 1 aromatic heterocycles. The summed E-state index contributed by atoms with van der Waals surface area (Å²) < 4.78 is 2.13. The Morgan fingerprint density at radius 1 is 0.800 bits per heavy atom. The van der Waals surface area contributed by atoms with Crippen molar-refractivity contribution in [1.29, 1.82) is 0 Å². The van der Waals surface area contributed by atoms with Crippen molar-refractivity contribution >= 4 is 40.1 Å². The molecule has 4 aromatic carbocycles. The summed E-state index contributed by atoms with van der Waals surface area (Å²) in [6, 6.07) is 32.4. The number of benzene rings is 4. The number of amides is 1. The fourth-order valence-corrected chi connectivity index (χ4v) is 4.77. The van der Waals surface area contributed by atoms with Gasteiger partial charge in [0.05, 0.1) is 23.6 Å². The van der Waals surface area contributed by atoms with Gasteiger partial charge in [0.25, 0.3) is 5.91 Å². The smallest absolute Gasteiger partial charge is 0.251 e. The molecule has 35 heavy (non-hydrogen) atoms. The number of nitrogens with zero attached hydrogens (tertiary/aromatic N) is 2. The van der Waals surface area contributed by atoms with Gasteiger partial charge in [-0.25, -0.2) is 4.98 Å². The first-order valence-electron chi connectivity index (χ1n) is 11.4. The first-order valence-corrected chi connectivity index (χ1v) is 12.1. The van der Waals surface area contributed by atoms with E-state index in [1.54, 1.807) is 0 Å². The van der Waals surface area contributed by atoms with E-state index < -0.39 is 0 Å². The van der Waals surface area contributed by atoms with Crippen LogP contribution < -0.4 is 5.32 Å². The Bertz CT molecular complexity index is 1450. The van der Waals surface area contributed by atoms with Gasteiger partial charge in [0.15, 0.2) is 0 Å². The lowest BCUT2D eigenvalue weighted by molar-refractivity contribution is 0.0936. The zero-order valence-electron chi connectivity index (χ0n) is 18.9. The molecule has 0 radical (unpaired) electrons. The maximum Gasteiger partial charge on any atom is 0.251 e. The first-order chi connectivity index (χ1) is 17.1. The molecule has 1 N–H and O–H groups in total. The van der Waals surface area contributed by atoms with Gasteiger partial charge in [-0.2, -0.15) is 0 Å². The number of carbonyl (C=O) groups excluding carboxylic acids is 1. The molecular formula is C29H23Cl2N3O. The van der Waals surface area contributed by atoms with E-state index in [9.17, 15) is 4.79 Å². The molecule has 174 valence electrons. The molecule has 4 nitrogen and oxygen atoms in total. The van der Waals surface area contributed by atoms with Gasteiger partial charge in [0.2, 0.25) is 0 Å². The normalized spacial score (nSPS) is 11.9. The molecule has 5 rings (SSSR count). The second-order valence-corrected chi connectivity index (χ2v) is 9.12. The van der Waals surface area contributed by atoms with Gasteiger partial charge in [-0.3, -0.25) is 4.79 Å². The number of aromatic nitrogens is 2. The summed E-state index contributed by atoms with van der Waals surface area (Å²) in [6.07, 6.45) is 0.499. The maximum absolute atomic E-state index is 13.1. The lowest BCUT2D eigenvalue weighted by Gasteiger charge is -2.20. The monoisotopic (exact) mass is 499 g/mol. The summed E-state index contributed by atoms with van der Waals surface area (Å²) in [5.74, 6) is 0.709. The van der Waals surface area contributed by atoms with Crippen molar-refractivity contribution in [3.63, 3.8) is 0 Å². The number of imidazole rings is 1. The van der Waals surface area contributed by atoms with Crippen LogP contribution in [-0.4, -0.2) is 15.5 Å². The van der Waals surface area contributed by atoms with Crippen LogP contribution in [0.1, 0.15) is 33.4 Å². The van der Waals surface area contributed by atoms with Gasteiger partial charge < -0.3 is 9.88 Å². The average Bonchev–Trinajstić information content (AvgIpc) is 3.23. The zero-order chi connectivity index (χ0) is 24.2. The van der Waals surface area contributed by atoms with E-state index in [-0.39, 0.29) is 11.9 Å².